The highest BCUT2D eigenvalue weighted by Gasteiger charge is 2.18. The summed E-state index contributed by atoms with van der Waals surface area (Å²) >= 11 is 0. The van der Waals surface area contributed by atoms with Crippen LogP contribution >= 0.6 is 0 Å². The summed E-state index contributed by atoms with van der Waals surface area (Å²) in [6.07, 6.45) is 3.01. The summed E-state index contributed by atoms with van der Waals surface area (Å²) in [6.45, 7) is 1.79. The van der Waals surface area contributed by atoms with Gasteiger partial charge in [0.15, 0.2) is 0 Å². The molecule has 2 amide bonds. The van der Waals surface area contributed by atoms with Crippen LogP contribution in [0.4, 0.5) is 0 Å². The molecule has 0 saturated carbocycles. The first kappa shape index (κ1) is 16.4. The normalized spacial score (nSPS) is 20.2. The fraction of sp³-hybridized carbons (Fsp3) is 0.471. The molecule has 2 aliphatic rings. The topological polar surface area (TPSA) is 89.0 Å². The summed E-state index contributed by atoms with van der Waals surface area (Å²) in [4.78, 5) is 23.0. The Labute approximate surface area is 140 Å². The van der Waals surface area contributed by atoms with Crippen molar-refractivity contribution >= 4 is 17.5 Å². The molecule has 0 radical (unpaired) electrons. The SMILES string of the molecule is O=C1CCC(C(=O)NCc2ccc(OC[C@H]3CCCO3)cc2)=NN1. The van der Waals surface area contributed by atoms with Crippen molar-refractivity contribution in [3.63, 3.8) is 0 Å². The third-order valence-electron chi connectivity index (χ3n) is 4.00. The second-order valence-electron chi connectivity index (χ2n) is 5.87. The maximum Gasteiger partial charge on any atom is 0.267 e. The highest BCUT2D eigenvalue weighted by Crippen LogP contribution is 2.16. The summed E-state index contributed by atoms with van der Waals surface area (Å²) in [7, 11) is 0. The van der Waals surface area contributed by atoms with E-state index in [1.807, 2.05) is 24.3 Å². The van der Waals surface area contributed by atoms with E-state index in [0.717, 1.165) is 30.8 Å². The summed E-state index contributed by atoms with van der Waals surface area (Å²) in [6, 6.07) is 7.59. The third-order valence-corrected chi connectivity index (χ3v) is 4.00. The van der Waals surface area contributed by atoms with E-state index in [-0.39, 0.29) is 17.9 Å². The summed E-state index contributed by atoms with van der Waals surface area (Å²) in [5.41, 5.74) is 3.64. The number of hydrogen-bond donors (Lipinski definition) is 2. The number of hydrazone groups is 1. The maximum atomic E-state index is 12.0. The van der Waals surface area contributed by atoms with Crippen LogP contribution in [0.25, 0.3) is 0 Å². The van der Waals surface area contributed by atoms with Crippen molar-refractivity contribution in [2.45, 2.75) is 38.3 Å². The van der Waals surface area contributed by atoms with Crippen molar-refractivity contribution in [2.24, 2.45) is 5.10 Å². The molecule has 128 valence electrons. The number of nitrogens with zero attached hydrogens (tertiary/aromatic N) is 1. The summed E-state index contributed by atoms with van der Waals surface area (Å²) in [5.74, 6) is 0.374. The van der Waals surface area contributed by atoms with E-state index >= 15 is 0 Å². The molecule has 2 N–H and O–H groups in total. The quantitative estimate of drug-likeness (QED) is 0.818. The highest BCUT2D eigenvalue weighted by atomic mass is 16.5. The standard InChI is InChI=1S/C17H21N3O4/c21-16-8-7-15(19-20-16)17(22)18-10-12-3-5-13(6-4-12)24-11-14-2-1-9-23-14/h3-6,14H,1-2,7-11H2,(H,18,22)(H,20,21)/t14-/m1/s1. The molecular formula is C17H21N3O4. The molecule has 0 unspecified atom stereocenters. The molecule has 3 rings (SSSR count). The Bertz CT molecular complexity index is 621. The van der Waals surface area contributed by atoms with Gasteiger partial charge in [0.1, 0.15) is 18.1 Å². The molecule has 2 heterocycles. The van der Waals surface area contributed by atoms with Gasteiger partial charge in [0.25, 0.3) is 5.91 Å². The van der Waals surface area contributed by atoms with Crippen LogP contribution in [-0.4, -0.2) is 36.8 Å². The number of rotatable bonds is 6. The molecule has 0 aromatic heterocycles. The molecule has 1 aromatic carbocycles. The minimum atomic E-state index is -0.256. The Balaban J connectivity index is 1.44. The van der Waals surface area contributed by atoms with Crippen LogP contribution in [0.15, 0.2) is 29.4 Å². The second kappa shape index (κ2) is 7.92. The second-order valence-corrected chi connectivity index (χ2v) is 5.87. The van der Waals surface area contributed by atoms with Crippen molar-refractivity contribution in [3.8, 4) is 5.75 Å². The molecule has 0 aliphatic carbocycles. The molecule has 0 bridgehead atoms. The van der Waals surface area contributed by atoms with E-state index < -0.39 is 0 Å². The Morgan fingerprint density at radius 2 is 2.17 bits per heavy atom. The van der Waals surface area contributed by atoms with Crippen molar-refractivity contribution in [2.75, 3.05) is 13.2 Å². The van der Waals surface area contributed by atoms with Gasteiger partial charge in [-0.3, -0.25) is 9.59 Å². The van der Waals surface area contributed by atoms with E-state index in [2.05, 4.69) is 15.8 Å². The largest absolute Gasteiger partial charge is 0.491 e. The van der Waals surface area contributed by atoms with Crippen LogP contribution in [0.2, 0.25) is 0 Å². The zero-order valence-electron chi connectivity index (χ0n) is 13.4. The Morgan fingerprint density at radius 3 is 2.83 bits per heavy atom. The van der Waals surface area contributed by atoms with E-state index in [4.69, 9.17) is 9.47 Å². The third kappa shape index (κ3) is 4.55. The molecule has 7 nitrogen and oxygen atoms in total. The Hall–Kier alpha value is -2.41. The molecule has 1 atom stereocenters. The average molecular weight is 331 g/mol. The highest BCUT2D eigenvalue weighted by molar-refractivity contribution is 6.39. The first-order valence-electron chi connectivity index (χ1n) is 8.17. The van der Waals surface area contributed by atoms with Gasteiger partial charge >= 0.3 is 0 Å². The van der Waals surface area contributed by atoms with E-state index in [0.29, 0.717) is 31.7 Å². The number of ether oxygens (including phenoxy) is 2. The molecule has 1 fully saturated rings. The van der Waals surface area contributed by atoms with Gasteiger partial charge in [-0.05, 0) is 30.5 Å². The first-order chi connectivity index (χ1) is 11.7. The maximum absolute atomic E-state index is 12.0. The molecule has 7 heteroatoms. The van der Waals surface area contributed by atoms with Gasteiger partial charge in [-0.1, -0.05) is 12.1 Å². The number of hydrogen-bond acceptors (Lipinski definition) is 5. The van der Waals surface area contributed by atoms with Gasteiger partial charge in [-0.25, -0.2) is 5.43 Å². The number of nitrogens with one attached hydrogen (secondary N) is 2. The number of benzene rings is 1. The van der Waals surface area contributed by atoms with Crippen molar-refractivity contribution in [3.05, 3.63) is 29.8 Å². The van der Waals surface area contributed by atoms with Crippen LogP contribution in [0, 0.1) is 0 Å². The average Bonchev–Trinajstić information content (AvgIpc) is 3.13. The number of carbonyl (C=O) groups excluding carboxylic acids is 2. The Kier molecular flexibility index (Phi) is 5.43. The predicted octanol–water partition coefficient (Wildman–Crippen LogP) is 1.13. The number of amides is 2. The van der Waals surface area contributed by atoms with Crippen molar-refractivity contribution < 1.29 is 19.1 Å². The van der Waals surface area contributed by atoms with Gasteiger partial charge in [-0.15, -0.1) is 0 Å². The summed E-state index contributed by atoms with van der Waals surface area (Å²) < 4.78 is 11.2. The van der Waals surface area contributed by atoms with Gasteiger partial charge in [0.05, 0.1) is 6.10 Å². The van der Waals surface area contributed by atoms with Crippen LogP contribution in [0.5, 0.6) is 5.75 Å². The zero-order chi connectivity index (χ0) is 16.8. The van der Waals surface area contributed by atoms with Gasteiger partial charge < -0.3 is 14.8 Å². The summed E-state index contributed by atoms with van der Waals surface area (Å²) in [5, 5.41) is 6.57. The van der Waals surface area contributed by atoms with Crippen molar-refractivity contribution in [1.29, 1.82) is 0 Å². The molecule has 2 aliphatic heterocycles. The first-order valence-corrected chi connectivity index (χ1v) is 8.17. The van der Waals surface area contributed by atoms with Crippen molar-refractivity contribution in [1.82, 2.24) is 10.7 Å². The van der Waals surface area contributed by atoms with Crippen LogP contribution in [-0.2, 0) is 20.9 Å². The molecular weight excluding hydrogens is 310 g/mol. The van der Waals surface area contributed by atoms with Gasteiger partial charge in [0.2, 0.25) is 5.91 Å². The monoisotopic (exact) mass is 331 g/mol. The van der Waals surface area contributed by atoms with Crippen LogP contribution in [0.3, 0.4) is 0 Å². The molecule has 0 spiro atoms. The molecule has 1 saturated heterocycles. The van der Waals surface area contributed by atoms with Crippen LogP contribution in [0.1, 0.15) is 31.2 Å². The van der Waals surface area contributed by atoms with E-state index in [9.17, 15) is 9.59 Å². The lowest BCUT2D eigenvalue weighted by molar-refractivity contribution is -0.121. The molecule has 24 heavy (non-hydrogen) atoms. The van der Waals surface area contributed by atoms with Gasteiger partial charge in [0, 0.05) is 26.0 Å². The zero-order valence-corrected chi connectivity index (χ0v) is 13.4. The fourth-order valence-electron chi connectivity index (χ4n) is 2.59. The Morgan fingerprint density at radius 1 is 1.33 bits per heavy atom. The van der Waals surface area contributed by atoms with E-state index in [1.165, 1.54) is 0 Å². The minimum absolute atomic E-state index is 0.162. The predicted molar refractivity (Wildman–Crippen MR) is 87.6 cm³/mol. The number of carbonyl (C=O) groups is 2. The lowest BCUT2D eigenvalue weighted by Crippen LogP contribution is -2.36. The lowest BCUT2D eigenvalue weighted by atomic mass is 10.1. The fourth-order valence-corrected chi connectivity index (χ4v) is 2.59. The minimum Gasteiger partial charge on any atom is -0.491 e. The lowest BCUT2D eigenvalue weighted by Gasteiger charge is -2.13. The smallest absolute Gasteiger partial charge is 0.267 e. The van der Waals surface area contributed by atoms with Crippen LogP contribution < -0.4 is 15.5 Å². The van der Waals surface area contributed by atoms with Gasteiger partial charge in [-0.2, -0.15) is 5.10 Å². The molecule has 1 aromatic rings. The van der Waals surface area contributed by atoms with E-state index in [1.54, 1.807) is 0 Å².